The molecule has 0 aliphatic rings. The van der Waals surface area contributed by atoms with Crippen molar-refractivity contribution in [2.45, 2.75) is 0 Å². The van der Waals surface area contributed by atoms with Crippen LogP contribution in [-0.4, -0.2) is 12.1 Å². The number of hydrogen-bond acceptors (Lipinski definition) is 2. The van der Waals surface area contributed by atoms with E-state index in [1.165, 1.54) is 0 Å². The van der Waals surface area contributed by atoms with Crippen molar-refractivity contribution in [2.75, 3.05) is 7.11 Å². The van der Waals surface area contributed by atoms with Gasteiger partial charge in [0.15, 0.2) is 0 Å². The molecule has 0 fully saturated rings. The molecule has 0 aliphatic carbocycles. The van der Waals surface area contributed by atoms with Crippen LogP contribution in [0.4, 0.5) is 0 Å². The molecule has 0 unspecified atom stereocenters. The Kier molecular flexibility index (Phi) is 2.07. The smallest absolute Gasteiger partial charge is 0.129 e. The lowest BCUT2D eigenvalue weighted by molar-refractivity contribution is 0.419. The number of halogens is 1. The van der Waals surface area contributed by atoms with Crippen molar-refractivity contribution in [3.8, 4) is 5.75 Å². The Labute approximate surface area is 81.1 Å². The van der Waals surface area contributed by atoms with Crippen LogP contribution in [0.5, 0.6) is 5.75 Å². The van der Waals surface area contributed by atoms with Crippen molar-refractivity contribution in [3.05, 3.63) is 35.6 Å². The van der Waals surface area contributed by atoms with Crippen LogP contribution in [0.25, 0.3) is 10.8 Å². The minimum Gasteiger partial charge on any atom is -0.496 e. The maximum atomic E-state index is 5.76. The highest BCUT2D eigenvalue weighted by Gasteiger charge is 2.00. The number of nitrogens with zero attached hydrogens (tertiary/aromatic N) is 1. The van der Waals surface area contributed by atoms with Crippen molar-refractivity contribution in [1.29, 1.82) is 0 Å². The van der Waals surface area contributed by atoms with Gasteiger partial charge in [-0.15, -0.1) is 0 Å². The van der Waals surface area contributed by atoms with Gasteiger partial charge in [0, 0.05) is 11.6 Å². The van der Waals surface area contributed by atoms with Gasteiger partial charge in [-0.05, 0) is 17.5 Å². The molecule has 0 saturated carbocycles. The Bertz CT molecular complexity index is 442. The summed E-state index contributed by atoms with van der Waals surface area (Å²) in [5.41, 5.74) is 0. The van der Waals surface area contributed by atoms with Gasteiger partial charge in [0.05, 0.1) is 7.11 Å². The quantitative estimate of drug-likeness (QED) is 0.650. The molecule has 13 heavy (non-hydrogen) atoms. The summed E-state index contributed by atoms with van der Waals surface area (Å²) in [6, 6.07) is 7.63. The van der Waals surface area contributed by atoms with E-state index in [1.807, 2.05) is 24.3 Å². The average molecular weight is 194 g/mol. The molecular formula is C10H8ClNO. The van der Waals surface area contributed by atoms with Gasteiger partial charge in [-0.3, -0.25) is 0 Å². The van der Waals surface area contributed by atoms with Gasteiger partial charge in [-0.25, -0.2) is 4.98 Å². The summed E-state index contributed by atoms with van der Waals surface area (Å²) in [6.07, 6.45) is 1.72. The first-order chi connectivity index (χ1) is 6.31. The predicted octanol–water partition coefficient (Wildman–Crippen LogP) is 2.90. The van der Waals surface area contributed by atoms with Gasteiger partial charge >= 0.3 is 0 Å². The Balaban J connectivity index is 2.77. The molecule has 2 aromatic rings. The van der Waals surface area contributed by atoms with Crippen molar-refractivity contribution >= 4 is 22.4 Å². The number of ether oxygens (including phenoxy) is 1. The molecule has 1 heterocycles. The molecule has 0 bridgehead atoms. The van der Waals surface area contributed by atoms with Crippen LogP contribution in [0.2, 0.25) is 5.15 Å². The number of methoxy groups -OCH3 is 1. The zero-order valence-electron chi connectivity index (χ0n) is 7.12. The SMILES string of the molecule is COc1cccc2cc(Cl)ncc12. The zero-order chi connectivity index (χ0) is 9.26. The first-order valence-electron chi connectivity index (χ1n) is 3.89. The molecule has 0 saturated heterocycles. The van der Waals surface area contributed by atoms with Crippen LogP contribution in [0, 0.1) is 0 Å². The number of benzene rings is 1. The van der Waals surface area contributed by atoms with Crippen LogP contribution >= 0.6 is 11.6 Å². The molecule has 1 aromatic heterocycles. The van der Waals surface area contributed by atoms with Crippen LogP contribution < -0.4 is 4.74 Å². The number of aromatic nitrogens is 1. The third kappa shape index (κ3) is 1.45. The average Bonchev–Trinajstić information content (AvgIpc) is 2.16. The van der Waals surface area contributed by atoms with E-state index in [4.69, 9.17) is 16.3 Å². The highest BCUT2D eigenvalue weighted by Crippen LogP contribution is 2.25. The van der Waals surface area contributed by atoms with E-state index in [1.54, 1.807) is 13.3 Å². The second kappa shape index (κ2) is 3.23. The molecule has 0 N–H and O–H groups in total. The highest BCUT2D eigenvalue weighted by atomic mass is 35.5. The van der Waals surface area contributed by atoms with E-state index in [9.17, 15) is 0 Å². The Morgan fingerprint density at radius 1 is 1.38 bits per heavy atom. The van der Waals surface area contributed by atoms with E-state index in [0.717, 1.165) is 16.5 Å². The van der Waals surface area contributed by atoms with E-state index >= 15 is 0 Å². The number of pyridine rings is 1. The van der Waals surface area contributed by atoms with Crippen LogP contribution in [0.15, 0.2) is 30.5 Å². The molecule has 0 amide bonds. The van der Waals surface area contributed by atoms with Gasteiger partial charge in [0.25, 0.3) is 0 Å². The second-order valence-electron chi connectivity index (χ2n) is 2.69. The summed E-state index contributed by atoms with van der Waals surface area (Å²) >= 11 is 5.76. The van der Waals surface area contributed by atoms with E-state index < -0.39 is 0 Å². The van der Waals surface area contributed by atoms with Gasteiger partial charge in [0.1, 0.15) is 10.9 Å². The second-order valence-corrected chi connectivity index (χ2v) is 3.08. The van der Waals surface area contributed by atoms with E-state index in [2.05, 4.69) is 4.98 Å². The summed E-state index contributed by atoms with van der Waals surface area (Å²) in [5, 5.41) is 2.52. The Hall–Kier alpha value is -1.28. The topological polar surface area (TPSA) is 22.1 Å². The summed E-state index contributed by atoms with van der Waals surface area (Å²) < 4.78 is 5.18. The summed E-state index contributed by atoms with van der Waals surface area (Å²) in [6.45, 7) is 0. The summed E-state index contributed by atoms with van der Waals surface area (Å²) in [5.74, 6) is 0.821. The molecule has 2 rings (SSSR count). The molecule has 66 valence electrons. The van der Waals surface area contributed by atoms with Crippen molar-refractivity contribution in [1.82, 2.24) is 4.98 Å². The van der Waals surface area contributed by atoms with Gasteiger partial charge in [0.2, 0.25) is 0 Å². The van der Waals surface area contributed by atoms with Gasteiger partial charge in [-0.1, -0.05) is 23.7 Å². The predicted molar refractivity (Wildman–Crippen MR) is 53.3 cm³/mol. The lowest BCUT2D eigenvalue weighted by atomic mass is 10.2. The maximum absolute atomic E-state index is 5.76. The number of rotatable bonds is 1. The third-order valence-corrected chi connectivity index (χ3v) is 2.12. The Morgan fingerprint density at radius 3 is 3.00 bits per heavy atom. The highest BCUT2D eigenvalue weighted by molar-refractivity contribution is 6.30. The van der Waals surface area contributed by atoms with Crippen LogP contribution in [0.1, 0.15) is 0 Å². The molecule has 0 spiro atoms. The monoisotopic (exact) mass is 193 g/mol. The number of hydrogen-bond donors (Lipinski definition) is 0. The molecular weight excluding hydrogens is 186 g/mol. The van der Waals surface area contributed by atoms with Crippen molar-refractivity contribution in [3.63, 3.8) is 0 Å². The van der Waals surface area contributed by atoms with E-state index in [0.29, 0.717) is 5.15 Å². The lowest BCUT2D eigenvalue weighted by Gasteiger charge is -2.03. The van der Waals surface area contributed by atoms with E-state index in [-0.39, 0.29) is 0 Å². The van der Waals surface area contributed by atoms with Crippen LogP contribution in [0.3, 0.4) is 0 Å². The summed E-state index contributed by atoms with van der Waals surface area (Å²) in [4.78, 5) is 4.00. The Morgan fingerprint density at radius 2 is 2.23 bits per heavy atom. The normalized spacial score (nSPS) is 10.3. The fourth-order valence-corrected chi connectivity index (χ4v) is 1.46. The lowest BCUT2D eigenvalue weighted by Crippen LogP contribution is -1.85. The first kappa shape index (κ1) is 8.32. The van der Waals surface area contributed by atoms with Gasteiger partial charge in [-0.2, -0.15) is 0 Å². The number of fused-ring (bicyclic) bond motifs is 1. The first-order valence-corrected chi connectivity index (χ1v) is 4.27. The fourth-order valence-electron chi connectivity index (χ4n) is 1.29. The molecule has 3 heteroatoms. The third-order valence-electron chi connectivity index (χ3n) is 1.91. The molecule has 0 aliphatic heterocycles. The minimum absolute atomic E-state index is 0.501. The molecule has 1 aromatic carbocycles. The van der Waals surface area contributed by atoms with Crippen molar-refractivity contribution in [2.24, 2.45) is 0 Å². The van der Waals surface area contributed by atoms with Crippen molar-refractivity contribution < 1.29 is 4.74 Å². The fraction of sp³-hybridized carbons (Fsp3) is 0.100. The molecule has 0 atom stereocenters. The summed E-state index contributed by atoms with van der Waals surface area (Å²) in [7, 11) is 1.64. The minimum atomic E-state index is 0.501. The standard InChI is InChI=1S/C10H8ClNO/c1-13-9-4-2-3-7-5-10(11)12-6-8(7)9/h2-6H,1H3. The largest absolute Gasteiger partial charge is 0.496 e. The maximum Gasteiger partial charge on any atom is 0.129 e. The van der Waals surface area contributed by atoms with Crippen LogP contribution in [-0.2, 0) is 0 Å². The molecule has 2 nitrogen and oxygen atoms in total. The van der Waals surface area contributed by atoms with Gasteiger partial charge < -0.3 is 4.74 Å². The zero-order valence-corrected chi connectivity index (χ0v) is 7.88. The molecule has 0 radical (unpaired) electrons.